The van der Waals surface area contributed by atoms with Gasteiger partial charge in [0.15, 0.2) is 0 Å². The maximum absolute atomic E-state index is 9.03. The Kier molecular flexibility index (Phi) is 12.2. The van der Waals surface area contributed by atoms with Gasteiger partial charge in [-0.05, 0) is 101 Å². The molecule has 1 saturated carbocycles. The summed E-state index contributed by atoms with van der Waals surface area (Å²) in [4.78, 5) is 14.4. The van der Waals surface area contributed by atoms with Crippen molar-refractivity contribution in [2.24, 2.45) is 5.92 Å². The third-order valence-corrected chi connectivity index (χ3v) is 14.7. The van der Waals surface area contributed by atoms with E-state index in [1.165, 1.54) is 40.4 Å². The molecule has 5 nitrogen and oxygen atoms in total. The SMILES string of the molecule is Cc1ccc2c(n1)oc1c[c-]c(-c3nc4ccccc4n3-c3c(C(C)C)cc(-c4ccccc4)cc3C(C)C)cc12.[2H]C([2H])([2H])c1c[c-]c(-c2cc(C([2H])([2H])C3CCCCC3)c([Si](C)(C)C)cn2)cc1.[Ir]. The van der Waals surface area contributed by atoms with Gasteiger partial charge in [0.25, 0.3) is 0 Å². The molecular weight excluding hydrogens is 1000 g/mol. The first-order valence-corrected chi connectivity index (χ1v) is 26.8. The Morgan fingerprint density at radius 3 is 2.17 bits per heavy atom. The molecule has 0 bridgehead atoms. The molecule has 66 heavy (non-hydrogen) atoms. The van der Waals surface area contributed by atoms with E-state index in [0.29, 0.717) is 28.8 Å². The van der Waals surface area contributed by atoms with Gasteiger partial charge in [-0.3, -0.25) is 4.98 Å². The van der Waals surface area contributed by atoms with Crippen LogP contribution in [0.25, 0.3) is 72.6 Å². The predicted octanol–water partition coefficient (Wildman–Crippen LogP) is 15.5. The van der Waals surface area contributed by atoms with Crippen LogP contribution in [0.3, 0.4) is 0 Å². The average molecular weight is 1070 g/mol. The van der Waals surface area contributed by atoms with Crippen LogP contribution in [0, 0.1) is 31.8 Å². The van der Waals surface area contributed by atoms with Crippen LogP contribution in [0.5, 0.6) is 0 Å². The van der Waals surface area contributed by atoms with E-state index in [1.54, 1.807) is 12.1 Å². The molecule has 339 valence electrons. The number of fused-ring (bicyclic) bond motifs is 4. The minimum Gasteiger partial charge on any atom is -0.486 e. The maximum Gasteiger partial charge on any atom is 0.216 e. The first-order chi connectivity index (χ1) is 33.3. The molecule has 7 heteroatoms. The van der Waals surface area contributed by atoms with Crippen molar-refractivity contribution in [3.05, 3.63) is 162 Å². The molecule has 0 amide bonds. The fraction of sp³-hybridized carbons (Fsp3) is 0.305. The summed E-state index contributed by atoms with van der Waals surface area (Å²) >= 11 is 0. The van der Waals surface area contributed by atoms with Crippen LogP contribution in [0.1, 0.15) is 106 Å². The molecule has 5 aromatic carbocycles. The summed E-state index contributed by atoms with van der Waals surface area (Å²) in [6, 6.07) is 45.2. The molecule has 4 aromatic heterocycles. The molecule has 0 saturated heterocycles. The van der Waals surface area contributed by atoms with Crippen molar-refractivity contribution < 1.29 is 31.4 Å². The summed E-state index contributed by atoms with van der Waals surface area (Å²) in [6.07, 6.45) is 5.68. The first-order valence-electron chi connectivity index (χ1n) is 25.8. The van der Waals surface area contributed by atoms with Crippen LogP contribution in [0.2, 0.25) is 19.6 Å². The number of benzene rings is 5. The van der Waals surface area contributed by atoms with Gasteiger partial charge in [-0.15, -0.1) is 59.2 Å². The standard InChI is InChI=1S/C37H32N3O.C22H30NSi.Ir/c1-22(2)29-20-27(25-11-7-6-8-12-25)21-30(23(3)4)35(29)40-33-14-10-9-13-32(33)39-36(40)26-16-18-34-31(19-26)28-17-15-24(5)38-37(28)41-34;1-17-10-12-19(13-11-17)21-15-20(14-18-8-6-5-7-9-18)22(16-23-21)24(2,3)4;/h6-15,17-23H,1-5H3;10-12,15-16,18H,5-9,14H2,1-4H3;/q2*-1;/i;1D3,14D2;. The van der Waals surface area contributed by atoms with Gasteiger partial charge in [0, 0.05) is 49.9 Å². The largest absolute Gasteiger partial charge is 0.486 e. The van der Waals surface area contributed by atoms with Crippen molar-refractivity contribution in [1.82, 2.24) is 19.5 Å². The number of hydrogen-bond acceptors (Lipinski definition) is 4. The van der Waals surface area contributed by atoms with Crippen LogP contribution < -0.4 is 5.19 Å². The quantitative estimate of drug-likeness (QED) is 0.107. The Balaban J connectivity index is 0.000000200. The summed E-state index contributed by atoms with van der Waals surface area (Å²) in [5, 5.41) is 3.09. The van der Waals surface area contributed by atoms with Gasteiger partial charge in [-0.1, -0.05) is 146 Å². The van der Waals surface area contributed by atoms with E-state index in [1.807, 2.05) is 31.3 Å². The molecule has 0 aliphatic heterocycles. The number of hydrogen-bond donors (Lipinski definition) is 0. The number of aromatic nitrogens is 4. The predicted molar refractivity (Wildman–Crippen MR) is 275 cm³/mol. The van der Waals surface area contributed by atoms with E-state index in [4.69, 9.17) is 16.3 Å². The number of nitrogens with zero attached hydrogens (tertiary/aromatic N) is 4. The van der Waals surface area contributed by atoms with Crippen molar-refractivity contribution in [3.8, 4) is 39.5 Å². The van der Waals surface area contributed by atoms with E-state index in [2.05, 4.69) is 153 Å². The molecule has 0 spiro atoms. The molecule has 1 fully saturated rings. The number of para-hydroxylation sites is 2. The second-order valence-electron chi connectivity index (χ2n) is 19.3. The van der Waals surface area contributed by atoms with Crippen molar-refractivity contribution in [3.63, 3.8) is 0 Å². The minimum atomic E-state index is -2.16. The van der Waals surface area contributed by atoms with E-state index >= 15 is 0 Å². The van der Waals surface area contributed by atoms with Gasteiger partial charge in [0.2, 0.25) is 5.71 Å². The fourth-order valence-corrected chi connectivity index (χ4v) is 10.6. The van der Waals surface area contributed by atoms with E-state index in [0.717, 1.165) is 80.9 Å². The van der Waals surface area contributed by atoms with Gasteiger partial charge in [0.1, 0.15) is 0 Å². The second kappa shape index (κ2) is 19.8. The number of pyridine rings is 2. The number of rotatable bonds is 9. The van der Waals surface area contributed by atoms with Crippen molar-refractivity contribution in [2.75, 3.05) is 0 Å². The van der Waals surface area contributed by atoms with Crippen molar-refractivity contribution in [1.29, 1.82) is 0 Å². The smallest absolute Gasteiger partial charge is 0.216 e. The average Bonchev–Trinajstić information content (AvgIpc) is 3.91. The van der Waals surface area contributed by atoms with E-state index < -0.39 is 21.3 Å². The Labute approximate surface area is 413 Å². The third-order valence-electron chi connectivity index (χ3n) is 12.7. The summed E-state index contributed by atoms with van der Waals surface area (Å²) < 4.78 is 49.1. The normalized spacial score (nSPS) is 14.9. The minimum absolute atomic E-state index is 0. The van der Waals surface area contributed by atoms with Crippen LogP contribution >= 0.6 is 0 Å². The van der Waals surface area contributed by atoms with Gasteiger partial charge >= 0.3 is 0 Å². The van der Waals surface area contributed by atoms with E-state index in [9.17, 15) is 0 Å². The van der Waals surface area contributed by atoms with Gasteiger partial charge in [0.05, 0.1) is 30.5 Å². The zero-order valence-corrected chi connectivity index (χ0v) is 42.7. The van der Waals surface area contributed by atoms with Crippen LogP contribution in [-0.4, -0.2) is 27.6 Å². The fourth-order valence-electron chi connectivity index (χ4n) is 9.24. The zero-order chi connectivity index (χ0) is 49.7. The van der Waals surface area contributed by atoms with Crippen molar-refractivity contribution >= 4 is 46.4 Å². The molecule has 9 aromatic rings. The second-order valence-corrected chi connectivity index (χ2v) is 24.3. The van der Waals surface area contributed by atoms with Crippen LogP contribution in [0.15, 0.2) is 126 Å². The summed E-state index contributed by atoms with van der Waals surface area (Å²) in [5.41, 5.74) is 14.0. The molecule has 1 aliphatic rings. The number of aryl methyl sites for hydroxylation is 2. The molecule has 0 N–H and O–H groups in total. The van der Waals surface area contributed by atoms with E-state index in [-0.39, 0.29) is 31.6 Å². The molecule has 4 heterocycles. The number of furan rings is 1. The summed E-state index contributed by atoms with van der Waals surface area (Å²) in [5.74, 6) is 1.51. The molecule has 10 rings (SSSR count). The summed E-state index contributed by atoms with van der Waals surface area (Å²) in [7, 11) is -1.80. The van der Waals surface area contributed by atoms with Crippen LogP contribution in [0.4, 0.5) is 0 Å². The van der Waals surface area contributed by atoms with Crippen LogP contribution in [-0.2, 0) is 26.5 Å². The summed E-state index contributed by atoms with van der Waals surface area (Å²) in [6.45, 7) is 15.6. The Morgan fingerprint density at radius 2 is 1.48 bits per heavy atom. The monoisotopic (exact) mass is 1070 g/mol. The Hall–Kier alpha value is -5.46. The number of imidazole rings is 1. The molecule has 1 aliphatic carbocycles. The first kappa shape index (κ1) is 40.8. The third kappa shape index (κ3) is 9.81. The Bertz CT molecular complexity index is 3300. The molecule has 1 radical (unpaired) electrons. The molecule has 0 unspecified atom stereocenters. The Morgan fingerprint density at radius 1 is 0.773 bits per heavy atom. The van der Waals surface area contributed by atoms with Gasteiger partial charge in [-0.2, -0.15) is 0 Å². The van der Waals surface area contributed by atoms with Crippen molar-refractivity contribution in [2.45, 2.75) is 111 Å². The zero-order valence-electron chi connectivity index (χ0n) is 44.3. The molecular formula is C59H62IrN4OSi-2. The maximum atomic E-state index is 9.03. The van der Waals surface area contributed by atoms with Gasteiger partial charge in [-0.25, -0.2) is 4.98 Å². The topological polar surface area (TPSA) is 56.7 Å². The van der Waals surface area contributed by atoms with Gasteiger partial charge < -0.3 is 14.0 Å². The molecule has 0 atom stereocenters.